The predicted octanol–water partition coefficient (Wildman–Crippen LogP) is 1.48. The fraction of sp³-hybridized carbons (Fsp3) is 0.750. The van der Waals surface area contributed by atoms with Gasteiger partial charge < -0.3 is 11.1 Å². The molecule has 3 N–H and O–H groups in total. The van der Waals surface area contributed by atoms with Crippen LogP contribution in [-0.4, -0.2) is 28.3 Å². The lowest BCUT2D eigenvalue weighted by atomic mass is 9.61. The van der Waals surface area contributed by atoms with Crippen molar-refractivity contribution in [3.8, 4) is 0 Å². The molecule has 1 saturated carbocycles. The zero-order valence-electron chi connectivity index (χ0n) is 13.6. The van der Waals surface area contributed by atoms with E-state index >= 15 is 0 Å². The molecular formula is C16H28N4O. The molecule has 0 saturated heterocycles. The summed E-state index contributed by atoms with van der Waals surface area (Å²) >= 11 is 0. The number of aromatic nitrogens is 2. The van der Waals surface area contributed by atoms with Crippen molar-refractivity contribution < 1.29 is 4.79 Å². The number of nitrogens with one attached hydrogen (secondary N) is 1. The molecule has 118 valence electrons. The number of nitrogens with two attached hydrogens (primary N) is 1. The minimum Gasteiger partial charge on any atom is -0.356 e. The Morgan fingerprint density at radius 2 is 2.24 bits per heavy atom. The van der Waals surface area contributed by atoms with Crippen molar-refractivity contribution in [2.24, 2.45) is 30.0 Å². The molecule has 0 radical (unpaired) electrons. The van der Waals surface area contributed by atoms with E-state index in [2.05, 4.69) is 31.2 Å². The molecule has 3 unspecified atom stereocenters. The number of carbonyl (C=O) groups is 1. The molecule has 1 aliphatic carbocycles. The molecule has 0 aliphatic heterocycles. The SMILES string of the molecule is CC1C(N)CCC(C(=O)NCCc2cnn(C)c2)C1(C)C. The molecule has 1 amide bonds. The van der Waals surface area contributed by atoms with Crippen LogP contribution in [0.2, 0.25) is 0 Å². The van der Waals surface area contributed by atoms with Crippen molar-refractivity contribution in [3.05, 3.63) is 18.0 Å². The van der Waals surface area contributed by atoms with Gasteiger partial charge in [-0.3, -0.25) is 9.48 Å². The number of nitrogens with zero attached hydrogens (tertiary/aromatic N) is 2. The maximum Gasteiger partial charge on any atom is 0.223 e. The molecule has 1 aromatic rings. The normalized spacial score (nSPS) is 28.3. The first-order chi connectivity index (χ1) is 9.82. The van der Waals surface area contributed by atoms with E-state index < -0.39 is 0 Å². The number of hydrogen-bond donors (Lipinski definition) is 2. The van der Waals surface area contributed by atoms with Gasteiger partial charge in [-0.05, 0) is 36.2 Å². The van der Waals surface area contributed by atoms with Gasteiger partial charge in [-0.2, -0.15) is 5.10 Å². The zero-order chi connectivity index (χ0) is 15.6. The molecular weight excluding hydrogens is 264 g/mol. The lowest BCUT2D eigenvalue weighted by Crippen LogP contribution is -2.51. The van der Waals surface area contributed by atoms with Crippen LogP contribution in [0.25, 0.3) is 0 Å². The van der Waals surface area contributed by atoms with E-state index in [-0.39, 0.29) is 23.3 Å². The highest BCUT2D eigenvalue weighted by Crippen LogP contribution is 2.44. The van der Waals surface area contributed by atoms with E-state index in [0.29, 0.717) is 12.5 Å². The van der Waals surface area contributed by atoms with Crippen LogP contribution in [0.15, 0.2) is 12.4 Å². The predicted molar refractivity (Wildman–Crippen MR) is 83.6 cm³/mol. The maximum absolute atomic E-state index is 12.5. The average molecular weight is 292 g/mol. The van der Waals surface area contributed by atoms with Gasteiger partial charge in [0.25, 0.3) is 0 Å². The molecule has 5 heteroatoms. The standard InChI is InChI=1S/C16H28N4O/c1-11-14(17)6-5-13(16(11,2)3)15(21)18-8-7-12-9-19-20(4)10-12/h9-11,13-14H,5-8,17H2,1-4H3,(H,18,21). The van der Waals surface area contributed by atoms with Gasteiger partial charge in [-0.15, -0.1) is 0 Å². The summed E-state index contributed by atoms with van der Waals surface area (Å²) in [5.74, 6) is 0.587. The first-order valence-electron chi connectivity index (χ1n) is 7.83. The van der Waals surface area contributed by atoms with Gasteiger partial charge in [0.15, 0.2) is 0 Å². The number of aryl methyl sites for hydroxylation is 1. The van der Waals surface area contributed by atoms with Crippen molar-refractivity contribution in [2.45, 2.75) is 46.1 Å². The van der Waals surface area contributed by atoms with Crippen molar-refractivity contribution in [1.82, 2.24) is 15.1 Å². The molecule has 1 fully saturated rings. The van der Waals surface area contributed by atoms with Gasteiger partial charge in [0.2, 0.25) is 5.91 Å². The van der Waals surface area contributed by atoms with Gasteiger partial charge >= 0.3 is 0 Å². The Hall–Kier alpha value is -1.36. The van der Waals surface area contributed by atoms with Crippen LogP contribution in [0.3, 0.4) is 0 Å². The van der Waals surface area contributed by atoms with Crippen LogP contribution in [0.4, 0.5) is 0 Å². The van der Waals surface area contributed by atoms with Crippen LogP contribution in [0.1, 0.15) is 39.2 Å². The third kappa shape index (κ3) is 3.46. The van der Waals surface area contributed by atoms with Crippen molar-refractivity contribution >= 4 is 5.91 Å². The van der Waals surface area contributed by atoms with Gasteiger partial charge in [-0.1, -0.05) is 20.8 Å². The summed E-state index contributed by atoms with van der Waals surface area (Å²) in [6.07, 6.45) is 6.47. The fourth-order valence-corrected chi connectivity index (χ4v) is 3.37. The highest BCUT2D eigenvalue weighted by atomic mass is 16.1. The Balaban J connectivity index is 1.88. The summed E-state index contributed by atoms with van der Waals surface area (Å²) in [6, 6.07) is 0.208. The second-order valence-electron chi connectivity index (χ2n) is 6.97. The Labute approximate surface area is 127 Å². The summed E-state index contributed by atoms with van der Waals surface area (Å²) in [7, 11) is 1.90. The quantitative estimate of drug-likeness (QED) is 0.883. The van der Waals surface area contributed by atoms with Gasteiger partial charge in [0, 0.05) is 31.7 Å². The van der Waals surface area contributed by atoms with Crippen LogP contribution in [-0.2, 0) is 18.3 Å². The highest BCUT2D eigenvalue weighted by molar-refractivity contribution is 5.79. The fourth-order valence-electron chi connectivity index (χ4n) is 3.37. The third-order valence-electron chi connectivity index (χ3n) is 5.29. The minimum absolute atomic E-state index is 0.0456. The summed E-state index contributed by atoms with van der Waals surface area (Å²) in [5.41, 5.74) is 7.26. The summed E-state index contributed by atoms with van der Waals surface area (Å²) in [4.78, 5) is 12.5. The Kier molecular flexibility index (Phi) is 4.71. The lowest BCUT2D eigenvalue weighted by molar-refractivity contribution is -0.132. The number of carbonyl (C=O) groups excluding carboxylic acids is 1. The topological polar surface area (TPSA) is 72.9 Å². The minimum atomic E-state index is -0.0456. The molecule has 1 aliphatic rings. The van der Waals surface area contributed by atoms with E-state index in [1.165, 1.54) is 0 Å². The second kappa shape index (κ2) is 6.18. The summed E-state index contributed by atoms with van der Waals surface area (Å²) < 4.78 is 1.78. The van der Waals surface area contributed by atoms with Gasteiger partial charge in [0.05, 0.1) is 6.20 Å². The molecule has 3 atom stereocenters. The molecule has 0 spiro atoms. The monoisotopic (exact) mass is 292 g/mol. The maximum atomic E-state index is 12.5. The molecule has 0 bridgehead atoms. The van der Waals surface area contributed by atoms with E-state index in [0.717, 1.165) is 24.8 Å². The number of amides is 1. The second-order valence-corrected chi connectivity index (χ2v) is 6.97. The smallest absolute Gasteiger partial charge is 0.223 e. The van der Waals surface area contributed by atoms with Crippen molar-refractivity contribution in [3.63, 3.8) is 0 Å². The Morgan fingerprint density at radius 3 is 2.86 bits per heavy atom. The molecule has 1 heterocycles. The van der Waals surface area contributed by atoms with Gasteiger partial charge in [-0.25, -0.2) is 0 Å². The van der Waals surface area contributed by atoms with Crippen molar-refractivity contribution in [2.75, 3.05) is 6.54 Å². The molecule has 5 nitrogen and oxygen atoms in total. The van der Waals surface area contributed by atoms with Crippen LogP contribution >= 0.6 is 0 Å². The van der Waals surface area contributed by atoms with Crippen molar-refractivity contribution in [1.29, 1.82) is 0 Å². The van der Waals surface area contributed by atoms with E-state index in [4.69, 9.17) is 5.73 Å². The van der Waals surface area contributed by atoms with Crippen LogP contribution in [0.5, 0.6) is 0 Å². The van der Waals surface area contributed by atoms with Crippen LogP contribution in [0, 0.1) is 17.3 Å². The number of rotatable bonds is 4. The first-order valence-corrected chi connectivity index (χ1v) is 7.83. The molecule has 21 heavy (non-hydrogen) atoms. The number of hydrogen-bond acceptors (Lipinski definition) is 3. The van der Waals surface area contributed by atoms with Crippen LogP contribution < -0.4 is 11.1 Å². The van der Waals surface area contributed by atoms with E-state index in [1.807, 2.05) is 19.4 Å². The van der Waals surface area contributed by atoms with E-state index in [9.17, 15) is 4.79 Å². The first kappa shape index (κ1) is 16.0. The molecule has 2 rings (SSSR count). The highest BCUT2D eigenvalue weighted by Gasteiger charge is 2.44. The van der Waals surface area contributed by atoms with E-state index in [1.54, 1.807) is 4.68 Å². The lowest BCUT2D eigenvalue weighted by Gasteiger charge is -2.46. The summed E-state index contributed by atoms with van der Waals surface area (Å²) in [5, 5.41) is 7.22. The largest absolute Gasteiger partial charge is 0.356 e. The average Bonchev–Trinajstić information content (AvgIpc) is 2.82. The zero-order valence-corrected chi connectivity index (χ0v) is 13.6. The Bertz CT molecular complexity index is 494. The molecule has 1 aromatic heterocycles. The summed E-state index contributed by atoms with van der Waals surface area (Å²) in [6.45, 7) is 7.17. The molecule has 0 aromatic carbocycles. The van der Waals surface area contributed by atoms with Gasteiger partial charge in [0.1, 0.15) is 0 Å². The Morgan fingerprint density at radius 1 is 1.52 bits per heavy atom. The third-order valence-corrected chi connectivity index (χ3v) is 5.29.